The first kappa shape index (κ1) is 42.1. The highest BCUT2D eigenvalue weighted by Crippen LogP contribution is 2.39. The summed E-state index contributed by atoms with van der Waals surface area (Å²) < 4.78 is 11.9. The van der Waals surface area contributed by atoms with Crippen LogP contribution in [0.15, 0.2) is 146 Å². The van der Waals surface area contributed by atoms with Crippen LogP contribution in [0.5, 0.6) is 0 Å². The molecule has 0 fully saturated rings. The minimum absolute atomic E-state index is 0.0171. The van der Waals surface area contributed by atoms with Crippen LogP contribution in [0.4, 0.5) is 0 Å². The Bertz CT molecular complexity index is 1790. The van der Waals surface area contributed by atoms with Crippen molar-refractivity contribution in [2.75, 3.05) is 0 Å². The second kappa shape index (κ2) is 19.2. The smallest absolute Gasteiger partial charge is 0.308 e. The Morgan fingerprint density at radius 2 is 0.732 bits per heavy atom. The predicted octanol–water partition coefficient (Wildman–Crippen LogP) is 11.8. The van der Waals surface area contributed by atoms with Crippen LogP contribution in [-0.4, -0.2) is 32.9 Å². The molecule has 0 aromatic heterocycles. The lowest BCUT2D eigenvalue weighted by atomic mass is 9.92. The molecule has 294 valence electrons. The topological polar surface area (TPSA) is 59.1 Å². The molecule has 56 heavy (non-hydrogen) atoms. The summed E-state index contributed by atoms with van der Waals surface area (Å²) in [7, 11) is 0. The number of hydrogen-bond donors (Lipinski definition) is 0. The summed E-state index contributed by atoms with van der Waals surface area (Å²) in [5.74, 6) is -0.503. The van der Waals surface area contributed by atoms with Gasteiger partial charge in [0.1, 0.15) is 11.2 Å². The van der Waals surface area contributed by atoms with E-state index in [2.05, 4.69) is 145 Å². The van der Waals surface area contributed by atoms with Crippen LogP contribution in [0.3, 0.4) is 0 Å². The lowest BCUT2D eigenvalue weighted by molar-refractivity contribution is -0.158. The van der Waals surface area contributed by atoms with Crippen molar-refractivity contribution in [1.82, 2.24) is 9.80 Å². The Labute approximate surface area is 335 Å². The van der Waals surface area contributed by atoms with Crippen molar-refractivity contribution in [3.8, 4) is 0 Å². The van der Waals surface area contributed by atoms with Crippen molar-refractivity contribution < 1.29 is 19.1 Å². The third kappa shape index (κ3) is 12.5. The van der Waals surface area contributed by atoms with Crippen LogP contribution >= 0.6 is 0 Å². The van der Waals surface area contributed by atoms with E-state index in [4.69, 9.17) is 9.47 Å². The Hall–Kier alpha value is -5.04. The summed E-state index contributed by atoms with van der Waals surface area (Å²) in [4.78, 5) is 32.3. The molecule has 5 rings (SSSR count). The van der Waals surface area contributed by atoms with E-state index in [1.165, 1.54) is 0 Å². The van der Waals surface area contributed by atoms with Gasteiger partial charge in [-0.25, -0.2) is 0 Å². The van der Waals surface area contributed by atoms with Gasteiger partial charge in [0.05, 0.1) is 12.8 Å². The molecule has 0 heterocycles. The zero-order valence-corrected chi connectivity index (χ0v) is 34.5. The maximum absolute atomic E-state index is 13.7. The molecular formula is C50H60N2O4. The van der Waals surface area contributed by atoms with Crippen LogP contribution in [-0.2, 0) is 32.2 Å². The van der Waals surface area contributed by atoms with Gasteiger partial charge in [0.15, 0.2) is 0 Å². The minimum atomic E-state index is -0.618. The third-order valence-electron chi connectivity index (χ3n) is 10.0. The second-order valence-electron chi connectivity index (χ2n) is 16.8. The molecule has 0 N–H and O–H groups in total. The maximum Gasteiger partial charge on any atom is 0.308 e. The van der Waals surface area contributed by atoms with Crippen LogP contribution in [0.2, 0.25) is 0 Å². The number of esters is 2. The van der Waals surface area contributed by atoms with E-state index in [1.54, 1.807) is 0 Å². The summed E-state index contributed by atoms with van der Waals surface area (Å²) in [6, 6.07) is 49.6. The van der Waals surface area contributed by atoms with E-state index in [0.717, 1.165) is 33.4 Å². The third-order valence-corrected chi connectivity index (χ3v) is 10.0. The Kier molecular flexibility index (Phi) is 14.4. The maximum atomic E-state index is 13.7. The first-order valence-corrected chi connectivity index (χ1v) is 19.9. The highest BCUT2D eigenvalue weighted by Gasteiger charge is 2.33. The van der Waals surface area contributed by atoms with E-state index < -0.39 is 11.2 Å². The number of nitrogens with zero attached hydrogens (tertiary/aromatic N) is 2. The first-order chi connectivity index (χ1) is 26.7. The fourth-order valence-electron chi connectivity index (χ4n) is 7.34. The first-order valence-electron chi connectivity index (χ1n) is 19.9. The molecule has 0 amide bonds. The fourth-order valence-corrected chi connectivity index (χ4v) is 7.34. The number of carbonyl (C=O) groups is 2. The van der Waals surface area contributed by atoms with Crippen molar-refractivity contribution in [3.05, 3.63) is 179 Å². The molecule has 4 atom stereocenters. The van der Waals surface area contributed by atoms with Gasteiger partial charge in [0, 0.05) is 37.3 Å². The standard InChI is InChI=1S/C50H60N2O4/c1-37(41-25-17-11-18-26-41)51(35-39-21-13-9-14-22-39)45(33-47(53)55-49(3,4)5)43-29-31-44(32-30-43)46(34-48(54)56-50(6,7)8)52(36-40-23-15-10-16-24-40)38(2)42-27-19-12-20-28-42/h9-32,37-38,45-46H,33-36H2,1-8H3/t37-,38-,45?,46?/m0/s1. The number of ether oxygens (including phenoxy) is 2. The second-order valence-corrected chi connectivity index (χ2v) is 16.8. The zero-order valence-electron chi connectivity index (χ0n) is 34.5. The molecule has 0 saturated heterocycles. The Balaban J connectivity index is 1.60. The van der Waals surface area contributed by atoms with E-state index in [-0.39, 0.29) is 48.9 Å². The number of hydrogen-bond acceptors (Lipinski definition) is 6. The van der Waals surface area contributed by atoms with Gasteiger partial charge in [0.25, 0.3) is 0 Å². The van der Waals surface area contributed by atoms with Gasteiger partial charge in [-0.05, 0) is 88.8 Å². The summed E-state index contributed by atoms with van der Waals surface area (Å²) in [6.45, 7) is 17.1. The lowest BCUT2D eigenvalue weighted by Gasteiger charge is -2.39. The summed E-state index contributed by atoms with van der Waals surface area (Å²) in [5, 5.41) is 0. The molecule has 0 spiro atoms. The summed E-state index contributed by atoms with van der Waals surface area (Å²) in [6.07, 6.45) is 0.347. The Morgan fingerprint density at radius 3 is 1.02 bits per heavy atom. The van der Waals surface area contributed by atoms with Crippen LogP contribution in [0.25, 0.3) is 0 Å². The SMILES string of the molecule is C[C@@H](c1ccccc1)N(Cc1ccccc1)C(CC(=O)OC(C)(C)C)c1ccc(C(CC(=O)OC(C)(C)C)N(Cc2ccccc2)[C@@H](C)c2ccccc2)cc1. The molecular weight excluding hydrogens is 693 g/mol. The van der Waals surface area contributed by atoms with E-state index in [9.17, 15) is 9.59 Å². The monoisotopic (exact) mass is 752 g/mol. The van der Waals surface area contributed by atoms with Crippen molar-refractivity contribution in [1.29, 1.82) is 0 Å². The van der Waals surface area contributed by atoms with Gasteiger partial charge >= 0.3 is 11.9 Å². The molecule has 0 saturated carbocycles. The van der Waals surface area contributed by atoms with Crippen LogP contribution in [0, 0.1) is 0 Å². The van der Waals surface area contributed by atoms with Crippen molar-refractivity contribution in [2.24, 2.45) is 0 Å². The highest BCUT2D eigenvalue weighted by molar-refractivity contribution is 5.71. The minimum Gasteiger partial charge on any atom is -0.460 e. The quantitative estimate of drug-likeness (QED) is 0.0936. The van der Waals surface area contributed by atoms with Crippen LogP contribution in [0.1, 0.15) is 126 Å². The summed E-state index contributed by atoms with van der Waals surface area (Å²) >= 11 is 0. The number of carbonyl (C=O) groups excluding carboxylic acids is 2. The average Bonchev–Trinajstić information content (AvgIpc) is 3.17. The van der Waals surface area contributed by atoms with Crippen LogP contribution < -0.4 is 0 Å². The molecule has 0 aliphatic heterocycles. The molecule has 5 aromatic rings. The zero-order chi connectivity index (χ0) is 40.3. The molecule has 0 aliphatic rings. The highest BCUT2D eigenvalue weighted by atomic mass is 16.6. The van der Waals surface area contributed by atoms with Crippen molar-refractivity contribution >= 4 is 11.9 Å². The van der Waals surface area contributed by atoms with Crippen molar-refractivity contribution in [2.45, 2.75) is 117 Å². The molecule has 0 bridgehead atoms. The average molecular weight is 753 g/mol. The lowest BCUT2D eigenvalue weighted by Crippen LogP contribution is -2.35. The van der Waals surface area contributed by atoms with Gasteiger partial charge in [0.2, 0.25) is 0 Å². The van der Waals surface area contributed by atoms with E-state index >= 15 is 0 Å². The van der Waals surface area contributed by atoms with Gasteiger partial charge < -0.3 is 9.47 Å². The largest absolute Gasteiger partial charge is 0.460 e. The van der Waals surface area contributed by atoms with Crippen molar-refractivity contribution in [3.63, 3.8) is 0 Å². The fraction of sp³-hybridized carbons (Fsp3) is 0.360. The molecule has 6 nitrogen and oxygen atoms in total. The van der Waals surface area contributed by atoms with Gasteiger partial charge in [-0.15, -0.1) is 0 Å². The Morgan fingerprint density at radius 1 is 0.446 bits per heavy atom. The van der Waals surface area contributed by atoms with E-state index in [1.807, 2.05) is 65.8 Å². The molecule has 0 aliphatic carbocycles. The molecule has 2 unspecified atom stereocenters. The molecule has 5 aromatic carbocycles. The number of benzene rings is 5. The van der Waals surface area contributed by atoms with Gasteiger partial charge in [-0.1, -0.05) is 146 Å². The normalized spacial score (nSPS) is 14.2. The predicted molar refractivity (Wildman–Crippen MR) is 227 cm³/mol. The molecule has 6 heteroatoms. The van der Waals surface area contributed by atoms with E-state index in [0.29, 0.717) is 13.1 Å². The molecule has 0 radical (unpaired) electrons. The van der Waals surface area contributed by atoms with Gasteiger partial charge in [-0.3, -0.25) is 19.4 Å². The number of rotatable bonds is 16. The summed E-state index contributed by atoms with van der Waals surface area (Å²) in [5.41, 5.74) is 5.41. The van der Waals surface area contributed by atoms with Gasteiger partial charge in [-0.2, -0.15) is 0 Å².